The summed E-state index contributed by atoms with van der Waals surface area (Å²) < 4.78 is 0. The smallest absolute Gasteiger partial charge is 0.0176 e. The van der Waals surface area contributed by atoms with Crippen LogP contribution in [0.1, 0.15) is 12.8 Å². The van der Waals surface area contributed by atoms with Crippen LogP contribution in [0.3, 0.4) is 0 Å². The van der Waals surface area contributed by atoms with Gasteiger partial charge in [-0.05, 0) is 12.8 Å². The lowest BCUT2D eigenvalue weighted by Gasteiger charge is -2.25. The second kappa shape index (κ2) is 3.15. The molecule has 0 unspecified atom stereocenters. The lowest BCUT2D eigenvalue weighted by molar-refractivity contribution is -0.0170. The quantitative estimate of drug-likeness (QED) is 0.532. The molecule has 0 amide bonds. The second-order valence-corrected chi connectivity index (χ2v) is 2.41. The van der Waals surface area contributed by atoms with Gasteiger partial charge >= 0.3 is 0 Å². The van der Waals surface area contributed by atoms with Gasteiger partial charge in [0.1, 0.15) is 0 Å². The van der Waals surface area contributed by atoms with Crippen molar-refractivity contribution in [2.45, 2.75) is 12.8 Å². The summed E-state index contributed by atoms with van der Waals surface area (Å²) in [5.41, 5.74) is 3.07. The first-order valence-corrected chi connectivity index (χ1v) is 3.50. The third-order valence-electron chi connectivity index (χ3n) is 1.83. The summed E-state index contributed by atoms with van der Waals surface area (Å²) in [7, 11) is 3.99. The average Bonchev–Trinajstić information content (AvgIpc) is 2.37. The van der Waals surface area contributed by atoms with Crippen molar-refractivity contribution in [2.24, 2.45) is 0 Å². The Morgan fingerprint density at radius 2 is 1.89 bits per heavy atom. The molecule has 1 N–H and O–H groups in total. The predicted molar refractivity (Wildman–Crippen MR) is 37.6 cm³/mol. The fourth-order valence-electron chi connectivity index (χ4n) is 1.14. The molecule has 0 aromatic rings. The number of hydrogen-bond donors (Lipinski definition) is 1. The molecule has 0 spiro atoms. The highest BCUT2D eigenvalue weighted by molar-refractivity contribution is 4.60. The molecule has 1 saturated heterocycles. The molecule has 0 aromatic carbocycles. The molecule has 3 heteroatoms. The van der Waals surface area contributed by atoms with Crippen LogP contribution in [-0.2, 0) is 0 Å². The maximum absolute atomic E-state index is 3.07. The Morgan fingerprint density at radius 1 is 1.33 bits per heavy atom. The van der Waals surface area contributed by atoms with Gasteiger partial charge in [-0.1, -0.05) is 0 Å². The van der Waals surface area contributed by atoms with Crippen LogP contribution in [-0.4, -0.2) is 37.3 Å². The zero-order valence-electron chi connectivity index (χ0n) is 6.22. The van der Waals surface area contributed by atoms with Gasteiger partial charge in [0.15, 0.2) is 0 Å². The average molecular weight is 129 g/mol. The van der Waals surface area contributed by atoms with Crippen molar-refractivity contribution in [3.05, 3.63) is 0 Å². The molecule has 1 aliphatic heterocycles. The Labute approximate surface area is 56.6 Å². The van der Waals surface area contributed by atoms with Crippen LogP contribution in [0.4, 0.5) is 0 Å². The lowest BCUT2D eigenvalue weighted by atomic mass is 10.4. The molecular formula is C6H15N3. The van der Waals surface area contributed by atoms with Crippen molar-refractivity contribution >= 4 is 0 Å². The SMILES string of the molecule is CNN(C)N1CCCC1. The molecular weight excluding hydrogens is 114 g/mol. The van der Waals surface area contributed by atoms with Gasteiger partial charge in [0.05, 0.1) is 0 Å². The van der Waals surface area contributed by atoms with Crippen molar-refractivity contribution in [1.29, 1.82) is 0 Å². The summed E-state index contributed by atoms with van der Waals surface area (Å²) in [4.78, 5) is 0. The van der Waals surface area contributed by atoms with Crippen molar-refractivity contribution in [3.63, 3.8) is 0 Å². The lowest BCUT2D eigenvalue weighted by Crippen LogP contribution is -2.44. The highest BCUT2D eigenvalue weighted by atomic mass is 15.8. The summed E-state index contributed by atoms with van der Waals surface area (Å²) in [5.74, 6) is 0. The first-order valence-electron chi connectivity index (χ1n) is 3.50. The summed E-state index contributed by atoms with van der Waals surface area (Å²) in [5, 5.41) is 4.35. The van der Waals surface area contributed by atoms with Crippen molar-refractivity contribution in [1.82, 2.24) is 15.6 Å². The summed E-state index contributed by atoms with van der Waals surface area (Å²) in [6, 6.07) is 0. The van der Waals surface area contributed by atoms with Gasteiger partial charge in [0.2, 0.25) is 0 Å². The highest BCUT2D eigenvalue weighted by Crippen LogP contribution is 2.06. The number of nitrogens with one attached hydrogen (secondary N) is 1. The minimum atomic E-state index is 1.21. The predicted octanol–water partition coefficient (Wildman–Crippen LogP) is 0.0634. The number of nitrogens with zero attached hydrogens (tertiary/aromatic N) is 2. The number of hydrazine groups is 2. The van der Waals surface area contributed by atoms with E-state index in [9.17, 15) is 0 Å². The minimum Gasteiger partial charge on any atom is -0.245 e. The highest BCUT2D eigenvalue weighted by Gasteiger charge is 2.13. The Bertz CT molecular complexity index is 78.4. The second-order valence-electron chi connectivity index (χ2n) is 2.41. The van der Waals surface area contributed by atoms with E-state index in [0.717, 1.165) is 0 Å². The molecule has 0 radical (unpaired) electrons. The van der Waals surface area contributed by atoms with E-state index in [2.05, 4.69) is 10.4 Å². The normalized spacial score (nSPS) is 21.7. The first kappa shape index (κ1) is 6.99. The molecule has 1 aliphatic rings. The molecule has 0 bridgehead atoms. The summed E-state index contributed by atoms with van der Waals surface area (Å²) in [6.07, 6.45) is 2.68. The standard InChI is InChI=1S/C6H15N3/c1-7-8(2)9-5-3-4-6-9/h7H,3-6H2,1-2H3. The van der Waals surface area contributed by atoms with E-state index in [0.29, 0.717) is 0 Å². The monoisotopic (exact) mass is 129 g/mol. The molecule has 1 fully saturated rings. The maximum atomic E-state index is 3.07. The van der Waals surface area contributed by atoms with E-state index in [4.69, 9.17) is 0 Å². The third kappa shape index (κ3) is 1.64. The molecule has 1 rings (SSSR count). The van der Waals surface area contributed by atoms with Crippen molar-refractivity contribution in [3.8, 4) is 0 Å². The van der Waals surface area contributed by atoms with E-state index < -0.39 is 0 Å². The molecule has 9 heavy (non-hydrogen) atoms. The third-order valence-corrected chi connectivity index (χ3v) is 1.83. The fraction of sp³-hybridized carbons (Fsp3) is 1.00. The minimum absolute atomic E-state index is 1.21. The van der Waals surface area contributed by atoms with Gasteiger partial charge in [0.25, 0.3) is 0 Å². The van der Waals surface area contributed by atoms with E-state index in [1.165, 1.54) is 25.9 Å². The molecule has 3 nitrogen and oxygen atoms in total. The molecule has 0 saturated carbocycles. The van der Waals surface area contributed by atoms with Gasteiger partial charge in [-0.3, -0.25) is 0 Å². The topological polar surface area (TPSA) is 18.5 Å². The van der Waals surface area contributed by atoms with E-state index in [1.807, 2.05) is 19.2 Å². The molecule has 54 valence electrons. The Morgan fingerprint density at radius 3 is 2.33 bits per heavy atom. The van der Waals surface area contributed by atoms with Crippen LogP contribution in [0, 0.1) is 0 Å². The van der Waals surface area contributed by atoms with Crippen LogP contribution < -0.4 is 5.43 Å². The van der Waals surface area contributed by atoms with E-state index in [1.54, 1.807) is 0 Å². The van der Waals surface area contributed by atoms with Crippen LogP contribution in [0.15, 0.2) is 0 Å². The summed E-state index contributed by atoms with van der Waals surface area (Å²) in [6.45, 7) is 2.41. The zero-order valence-corrected chi connectivity index (χ0v) is 6.22. The molecule has 0 aromatic heterocycles. The maximum Gasteiger partial charge on any atom is 0.0176 e. The number of rotatable bonds is 2. The van der Waals surface area contributed by atoms with Crippen LogP contribution in [0.25, 0.3) is 0 Å². The Hall–Kier alpha value is -0.120. The van der Waals surface area contributed by atoms with Gasteiger partial charge in [0, 0.05) is 27.2 Å². The van der Waals surface area contributed by atoms with Gasteiger partial charge < -0.3 is 0 Å². The van der Waals surface area contributed by atoms with Crippen LogP contribution in [0.5, 0.6) is 0 Å². The van der Waals surface area contributed by atoms with Crippen LogP contribution >= 0.6 is 0 Å². The van der Waals surface area contributed by atoms with Crippen molar-refractivity contribution < 1.29 is 0 Å². The van der Waals surface area contributed by atoms with E-state index >= 15 is 0 Å². The largest absolute Gasteiger partial charge is 0.245 e. The molecule has 1 heterocycles. The van der Waals surface area contributed by atoms with Gasteiger partial charge in [-0.2, -0.15) is 5.12 Å². The van der Waals surface area contributed by atoms with Crippen LogP contribution in [0.2, 0.25) is 0 Å². The Kier molecular flexibility index (Phi) is 2.45. The molecule has 0 aliphatic carbocycles. The Balaban J connectivity index is 2.24. The molecule has 0 atom stereocenters. The van der Waals surface area contributed by atoms with Gasteiger partial charge in [-0.15, -0.1) is 0 Å². The number of hydrogen-bond acceptors (Lipinski definition) is 3. The van der Waals surface area contributed by atoms with E-state index in [-0.39, 0.29) is 0 Å². The fourth-order valence-corrected chi connectivity index (χ4v) is 1.14. The summed E-state index contributed by atoms with van der Waals surface area (Å²) >= 11 is 0. The zero-order chi connectivity index (χ0) is 6.69. The first-order chi connectivity index (χ1) is 4.34. The van der Waals surface area contributed by atoms with Gasteiger partial charge in [-0.25, -0.2) is 10.4 Å². The van der Waals surface area contributed by atoms with Crippen molar-refractivity contribution in [2.75, 3.05) is 27.2 Å².